The molecule has 1 aliphatic carbocycles. The van der Waals surface area contributed by atoms with Crippen LogP contribution in [0.2, 0.25) is 0 Å². The van der Waals surface area contributed by atoms with Gasteiger partial charge < -0.3 is 0 Å². The fraction of sp³-hybridized carbons (Fsp3) is 0. The molecule has 3 rings (SSSR count). The molecule has 0 fully saturated rings. The van der Waals surface area contributed by atoms with Gasteiger partial charge in [0.05, 0.1) is 5.03 Å². The van der Waals surface area contributed by atoms with Gasteiger partial charge in [0, 0.05) is 6.42 Å². The van der Waals surface area contributed by atoms with E-state index in [4.69, 9.17) is 11.6 Å². The molecule has 2 aromatic rings. The van der Waals surface area contributed by atoms with E-state index in [0.29, 0.717) is 0 Å². The van der Waals surface area contributed by atoms with Crippen molar-refractivity contribution in [2.45, 2.75) is 0 Å². The lowest BCUT2D eigenvalue weighted by Crippen LogP contribution is -1.81. The standard InChI is InChI=1S/C15H10Cl/c16-15-13-9-5-4-8-12(13)10-14(15)11-6-2-1-3-7-11/h1-10H. The SMILES string of the molecule is ClC1=C(c2ccccc2)[CH]c2ccccc21. The second kappa shape index (κ2) is 3.80. The van der Waals surface area contributed by atoms with Crippen LogP contribution in [0.5, 0.6) is 0 Å². The van der Waals surface area contributed by atoms with Gasteiger partial charge in [0.15, 0.2) is 0 Å². The molecule has 0 atom stereocenters. The second-order valence-corrected chi connectivity index (χ2v) is 4.20. The molecule has 0 amide bonds. The Morgan fingerprint density at radius 1 is 0.750 bits per heavy atom. The number of fused-ring (bicyclic) bond motifs is 1. The van der Waals surface area contributed by atoms with E-state index in [2.05, 4.69) is 30.7 Å². The quantitative estimate of drug-likeness (QED) is 0.677. The third-order valence-electron chi connectivity index (χ3n) is 2.82. The third-order valence-corrected chi connectivity index (χ3v) is 3.23. The first kappa shape index (κ1) is 9.68. The minimum absolute atomic E-state index is 0.849. The summed E-state index contributed by atoms with van der Waals surface area (Å²) in [6.07, 6.45) is 2.15. The summed E-state index contributed by atoms with van der Waals surface area (Å²) >= 11 is 6.39. The van der Waals surface area contributed by atoms with Crippen molar-refractivity contribution in [3.8, 4) is 0 Å². The Morgan fingerprint density at radius 3 is 2.19 bits per heavy atom. The lowest BCUT2D eigenvalue weighted by atomic mass is 10.0. The van der Waals surface area contributed by atoms with Gasteiger partial charge in [-0.1, -0.05) is 66.2 Å². The molecule has 0 heterocycles. The number of benzene rings is 2. The summed E-state index contributed by atoms with van der Waals surface area (Å²) in [5, 5.41) is 0.849. The van der Waals surface area contributed by atoms with E-state index in [1.807, 2.05) is 30.3 Å². The van der Waals surface area contributed by atoms with Crippen LogP contribution in [0.4, 0.5) is 0 Å². The number of allylic oxidation sites excluding steroid dienone is 1. The maximum atomic E-state index is 6.39. The number of hydrogen-bond donors (Lipinski definition) is 0. The van der Waals surface area contributed by atoms with Crippen molar-refractivity contribution in [3.63, 3.8) is 0 Å². The average molecular weight is 226 g/mol. The molecular formula is C15H10Cl. The smallest absolute Gasteiger partial charge is 0.0525 e. The van der Waals surface area contributed by atoms with Gasteiger partial charge in [-0.25, -0.2) is 0 Å². The molecule has 16 heavy (non-hydrogen) atoms. The Kier molecular flexibility index (Phi) is 2.30. The van der Waals surface area contributed by atoms with Crippen LogP contribution < -0.4 is 0 Å². The number of halogens is 1. The van der Waals surface area contributed by atoms with Crippen LogP contribution in [0, 0.1) is 6.42 Å². The Labute approximate surface area is 100 Å². The van der Waals surface area contributed by atoms with Gasteiger partial charge in [-0.05, 0) is 22.3 Å². The van der Waals surface area contributed by atoms with E-state index in [1.54, 1.807) is 0 Å². The number of rotatable bonds is 1. The normalized spacial score (nSPS) is 14.1. The molecule has 0 aliphatic heterocycles. The Morgan fingerprint density at radius 2 is 1.44 bits per heavy atom. The summed E-state index contributed by atoms with van der Waals surface area (Å²) < 4.78 is 0. The van der Waals surface area contributed by atoms with E-state index in [-0.39, 0.29) is 0 Å². The van der Waals surface area contributed by atoms with Crippen LogP contribution in [0.1, 0.15) is 16.7 Å². The molecule has 0 bridgehead atoms. The molecule has 1 aliphatic rings. The Balaban J connectivity index is 2.11. The zero-order valence-corrected chi connectivity index (χ0v) is 9.41. The maximum absolute atomic E-state index is 6.39. The van der Waals surface area contributed by atoms with Gasteiger partial charge in [-0.2, -0.15) is 0 Å². The minimum Gasteiger partial charge on any atom is -0.0833 e. The van der Waals surface area contributed by atoms with Crippen molar-refractivity contribution in [2.24, 2.45) is 0 Å². The highest BCUT2D eigenvalue weighted by molar-refractivity contribution is 6.54. The van der Waals surface area contributed by atoms with Gasteiger partial charge in [-0.15, -0.1) is 0 Å². The molecule has 1 heteroatoms. The van der Waals surface area contributed by atoms with Crippen molar-refractivity contribution in [1.82, 2.24) is 0 Å². The maximum Gasteiger partial charge on any atom is 0.0525 e. The van der Waals surface area contributed by atoms with Crippen LogP contribution in [0.25, 0.3) is 10.6 Å². The monoisotopic (exact) mass is 225 g/mol. The molecule has 0 nitrogen and oxygen atoms in total. The van der Waals surface area contributed by atoms with E-state index in [0.717, 1.165) is 16.2 Å². The van der Waals surface area contributed by atoms with Crippen molar-refractivity contribution in [1.29, 1.82) is 0 Å². The van der Waals surface area contributed by atoms with Crippen LogP contribution in [-0.4, -0.2) is 0 Å². The van der Waals surface area contributed by atoms with E-state index < -0.39 is 0 Å². The lowest BCUT2D eigenvalue weighted by Gasteiger charge is -2.01. The van der Waals surface area contributed by atoms with Crippen molar-refractivity contribution < 1.29 is 0 Å². The third kappa shape index (κ3) is 1.46. The summed E-state index contributed by atoms with van der Waals surface area (Å²) in [4.78, 5) is 0. The molecular weight excluding hydrogens is 216 g/mol. The van der Waals surface area contributed by atoms with Gasteiger partial charge >= 0.3 is 0 Å². The van der Waals surface area contributed by atoms with Crippen LogP contribution >= 0.6 is 11.6 Å². The van der Waals surface area contributed by atoms with E-state index in [1.165, 1.54) is 11.1 Å². The van der Waals surface area contributed by atoms with Crippen molar-refractivity contribution >= 4 is 22.2 Å². The molecule has 0 saturated carbocycles. The van der Waals surface area contributed by atoms with Gasteiger partial charge in [0.2, 0.25) is 0 Å². The highest BCUT2D eigenvalue weighted by Gasteiger charge is 2.20. The van der Waals surface area contributed by atoms with Gasteiger partial charge in [0.1, 0.15) is 0 Å². The van der Waals surface area contributed by atoms with E-state index >= 15 is 0 Å². The zero-order valence-electron chi connectivity index (χ0n) is 8.65. The summed E-state index contributed by atoms with van der Waals surface area (Å²) in [5.74, 6) is 0. The van der Waals surface area contributed by atoms with Crippen LogP contribution in [0.3, 0.4) is 0 Å². The Hall–Kier alpha value is -1.53. The first-order valence-corrected chi connectivity index (χ1v) is 5.63. The second-order valence-electron chi connectivity index (χ2n) is 3.83. The average Bonchev–Trinajstić information content (AvgIpc) is 2.69. The first-order valence-electron chi connectivity index (χ1n) is 5.25. The molecule has 0 unspecified atom stereocenters. The highest BCUT2D eigenvalue weighted by atomic mass is 35.5. The summed E-state index contributed by atoms with van der Waals surface area (Å²) in [5.41, 5.74) is 4.61. The van der Waals surface area contributed by atoms with Crippen molar-refractivity contribution in [2.75, 3.05) is 0 Å². The Bertz CT molecular complexity index is 553. The van der Waals surface area contributed by atoms with Crippen molar-refractivity contribution in [3.05, 3.63) is 77.7 Å². The molecule has 0 N–H and O–H groups in total. The predicted octanol–water partition coefficient (Wildman–Crippen LogP) is 4.36. The van der Waals surface area contributed by atoms with E-state index in [9.17, 15) is 0 Å². The molecule has 1 radical (unpaired) electrons. The first-order chi connectivity index (χ1) is 7.86. The number of hydrogen-bond acceptors (Lipinski definition) is 0. The molecule has 0 spiro atoms. The molecule has 2 aromatic carbocycles. The van der Waals surface area contributed by atoms with Gasteiger partial charge in [0.25, 0.3) is 0 Å². The predicted molar refractivity (Wildman–Crippen MR) is 69.0 cm³/mol. The fourth-order valence-electron chi connectivity index (χ4n) is 2.01. The summed E-state index contributed by atoms with van der Waals surface area (Å²) in [6.45, 7) is 0. The molecule has 0 aromatic heterocycles. The topological polar surface area (TPSA) is 0 Å². The molecule has 77 valence electrons. The highest BCUT2D eigenvalue weighted by Crippen LogP contribution is 2.41. The van der Waals surface area contributed by atoms with Crippen LogP contribution in [-0.2, 0) is 0 Å². The minimum atomic E-state index is 0.849. The fourth-order valence-corrected chi connectivity index (χ4v) is 2.35. The van der Waals surface area contributed by atoms with Gasteiger partial charge in [-0.3, -0.25) is 0 Å². The summed E-state index contributed by atoms with van der Waals surface area (Å²) in [6, 6.07) is 18.4. The summed E-state index contributed by atoms with van der Waals surface area (Å²) in [7, 11) is 0. The van der Waals surface area contributed by atoms with Crippen LogP contribution in [0.15, 0.2) is 54.6 Å². The largest absolute Gasteiger partial charge is 0.0833 e. The zero-order chi connectivity index (χ0) is 11.0. The lowest BCUT2D eigenvalue weighted by molar-refractivity contribution is 1.53. The molecule has 0 saturated heterocycles.